The van der Waals surface area contributed by atoms with E-state index in [9.17, 15) is 9.59 Å². The molecule has 1 aliphatic rings. The Labute approximate surface area is 103 Å². The van der Waals surface area contributed by atoms with Crippen molar-refractivity contribution in [2.75, 3.05) is 0 Å². The average Bonchev–Trinajstić information content (AvgIpc) is 2.66. The lowest BCUT2D eigenvalue weighted by Crippen LogP contribution is -2.26. The minimum Gasteiger partial charge on any atom is -0.459 e. The van der Waals surface area contributed by atoms with Crippen LogP contribution < -0.4 is 0 Å². The lowest BCUT2D eigenvalue weighted by molar-refractivity contribution is -0.152. The van der Waals surface area contributed by atoms with Gasteiger partial charge >= 0.3 is 5.97 Å². The summed E-state index contributed by atoms with van der Waals surface area (Å²) in [6.45, 7) is 5.80. The maximum atomic E-state index is 11.6. The van der Waals surface area contributed by atoms with Crippen molar-refractivity contribution in [1.82, 2.24) is 0 Å². The monoisotopic (exact) mass is 242 g/mol. The SMILES string of the molecule is CCC(=O)CCC(=O)O[C@@H]1C[C@H](C)O[C@@H]1CC. The highest BCUT2D eigenvalue weighted by Gasteiger charge is 2.34. The standard InChI is InChI=1S/C13H22O4/c1-4-10(14)6-7-13(15)17-12-8-9(3)16-11(12)5-2/h9,11-12H,4-8H2,1-3H3/t9-,11+,12+/m0/s1. The molecule has 0 aromatic heterocycles. The van der Waals surface area contributed by atoms with Crippen molar-refractivity contribution in [3.05, 3.63) is 0 Å². The van der Waals surface area contributed by atoms with Gasteiger partial charge in [-0.15, -0.1) is 0 Å². The maximum absolute atomic E-state index is 11.6. The number of hydrogen-bond acceptors (Lipinski definition) is 4. The first-order valence-electron chi connectivity index (χ1n) is 6.43. The van der Waals surface area contributed by atoms with E-state index in [1.165, 1.54) is 0 Å². The second-order valence-electron chi connectivity index (χ2n) is 4.55. The Kier molecular flexibility index (Phi) is 5.62. The summed E-state index contributed by atoms with van der Waals surface area (Å²) in [4.78, 5) is 22.7. The summed E-state index contributed by atoms with van der Waals surface area (Å²) >= 11 is 0. The lowest BCUT2D eigenvalue weighted by Gasteiger charge is -2.17. The molecule has 4 heteroatoms. The molecule has 3 atom stereocenters. The fraction of sp³-hybridized carbons (Fsp3) is 0.846. The number of carbonyl (C=O) groups excluding carboxylic acids is 2. The van der Waals surface area contributed by atoms with Gasteiger partial charge < -0.3 is 9.47 Å². The second-order valence-corrected chi connectivity index (χ2v) is 4.55. The van der Waals surface area contributed by atoms with Gasteiger partial charge in [0.2, 0.25) is 0 Å². The summed E-state index contributed by atoms with van der Waals surface area (Å²) in [6, 6.07) is 0. The molecule has 0 amide bonds. The van der Waals surface area contributed by atoms with E-state index in [1.54, 1.807) is 6.92 Å². The highest BCUT2D eigenvalue weighted by molar-refractivity contribution is 5.82. The van der Waals surface area contributed by atoms with Gasteiger partial charge in [0.15, 0.2) is 0 Å². The fourth-order valence-corrected chi connectivity index (χ4v) is 2.05. The van der Waals surface area contributed by atoms with Gasteiger partial charge in [0.05, 0.1) is 18.6 Å². The van der Waals surface area contributed by atoms with Gasteiger partial charge in [0.25, 0.3) is 0 Å². The molecule has 0 spiro atoms. The van der Waals surface area contributed by atoms with Crippen LogP contribution in [0.2, 0.25) is 0 Å². The molecule has 98 valence electrons. The van der Waals surface area contributed by atoms with E-state index in [4.69, 9.17) is 9.47 Å². The first-order valence-corrected chi connectivity index (χ1v) is 6.43. The van der Waals surface area contributed by atoms with E-state index < -0.39 is 0 Å². The van der Waals surface area contributed by atoms with Crippen LogP contribution in [-0.4, -0.2) is 30.1 Å². The van der Waals surface area contributed by atoms with Crippen LogP contribution >= 0.6 is 0 Å². The first-order chi connectivity index (χ1) is 8.06. The molecule has 1 heterocycles. The molecular weight excluding hydrogens is 220 g/mol. The van der Waals surface area contributed by atoms with Crippen molar-refractivity contribution in [2.45, 2.75) is 71.2 Å². The van der Waals surface area contributed by atoms with Crippen LogP contribution in [0.15, 0.2) is 0 Å². The van der Waals surface area contributed by atoms with Crippen molar-refractivity contribution >= 4 is 11.8 Å². The number of hydrogen-bond donors (Lipinski definition) is 0. The lowest BCUT2D eigenvalue weighted by atomic mass is 10.1. The second kappa shape index (κ2) is 6.74. The molecule has 0 aromatic carbocycles. The van der Waals surface area contributed by atoms with Gasteiger partial charge in [-0.1, -0.05) is 13.8 Å². The minimum absolute atomic E-state index is 0.0100. The molecule has 0 N–H and O–H groups in total. The Bertz CT molecular complexity index is 275. The largest absolute Gasteiger partial charge is 0.459 e. The van der Waals surface area contributed by atoms with Crippen LogP contribution in [0, 0.1) is 0 Å². The summed E-state index contributed by atoms with van der Waals surface area (Å²) in [7, 11) is 0. The molecule has 0 aliphatic carbocycles. The maximum Gasteiger partial charge on any atom is 0.306 e. The first kappa shape index (κ1) is 14.2. The normalized spacial score (nSPS) is 28.1. The Morgan fingerprint density at radius 2 is 2.00 bits per heavy atom. The van der Waals surface area contributed by atoms with E-state index in [0.717, 1.165) is 12.8 Å². The number of ether oxygens (including phenoxy) is 2. The fourth-order valence-electron chi connectivity index (χ4n) is 2.05. The van der Waals surface area contributed by atoms with Gasteiger partial charge in [0.1, 0.15) is 11.9 Å². The number of esters is 1. The third kappa shape index (κ3) is 4.46. The van der Waals surface area contributed by atoms with Gasteiger partial charge in [-0.05, 0) is 13.3 Å². The van der Waals surface area contributed by atoms with Crippen LogP contribution in [0.4, 0.5) is 0 Å². The zero-order valence-corrected chi connectivity index (χ0v) is 10.9. The van der Waals surface area contributed by atoms with Crippen molar-refractivity contribution in [2.24, 2.45) is 0 Å². The zero-order chi connectivity index (χ0) is 12.8. The molecule has 0 unspecified atom stereocenters. The van der Waals surface area contributed by atoms with Crippen LogP contribution in [0.1, 0.15) is 52.9 Å². The number of rotatable bonds is 6. The highest BCUT2D eigenvalue weighted by atomic mass is 16.6. The summed E-state index contributed by atoms with van der Waals surface area (Å²) in [6.07, 6.45) is 2.57. The zero-order valence-electron chi connectivity index (χ0n) is 10.9. The van der Waals surface area contributed by atoms with E-state index in [-0.39, 0.29) is 42.9 Å². The molecule has 1 rings (SSSR count). The third-order valence-corrected chi connectivity index (χ3v) is 3.07. The molecule has 17 heavy (non-hydrogen) atoms. The molecule has 1 saturated heterocycles. The summed E-state index contributed by atoms with van der Waals surface area (Å²) in [5, 5.41) is 0. The number of carbonyl (C=O) groups is 2. The van der Waals surface area contributed by atoms with Crippen molar-refractivity contribution in [1.29, 1.82) is 0 Å². The van der Waals surface area contributed by atoms with Crippen molar-refractivity contribution in [3.8, 4) is 0 Å². The van der Waals surface area contributed by atoms with Gasteiger partial charge in [-0.2, -0.15) is 0 Å². The van der Waals surface area contributed by atoms with Crippen LogP contribution in [-0.2, 0) is 19.1 Å². The predicted molar refractivity (Wildman–Crippen MR) is 63.7 cm³/mol. The molecule has 0 radical (unpaired) electrons. The highest BCUT2D eigenvalue weighted by Crippen LogP contribution is 2.25. The topological polar surface area (TPSA) is 52.6 Å². The van der Waals surface area contributed by atoms with Gasteiger partial charge in [0, 0.05) is 19.3 Å². The van der Waals surface area contributed by atoms with E-state index in [1.807, 2.05) is 13.8 Å². The average molecular weight is 242 g/mol. The third-order valence-electron chi connectivity index (χ3n) is 3.07. The summed E-state index contributed by atoms with van der Waals surface area (Å²) < 4.78 is 11.0. The van der Waals surface area contributed by atoms with Crippen LogP contribution in [0.5, 0.6) is 0 Å². The summed E-state index contributed by atoms with van der Waals surface area (Å²) in [5.41, 5.74) is 0. The quantitative estimate of drug-likeness (QED) is 0.670. The Morgan fingerprint density at radius 1 is 1.29 bits per heavy atom. The van der Waals surface area contributed by atoms with Crippen LogP contribution in [0.3, 0.4) is 0 Å². The van der Waals surface area contributed by atoms with E-state index >= 15 is 0 Å². The Hall–Kier alpha value is -0.900. The number of ketones is 1. The molecule has 1 fully saturated rings. The Balaban J connectivity index is 2.32. The van der Waals surface area contributed by atoms with Crippen LogP contribution in [0.25, 0.3) is 0 Å². The Morgan fingerprint density at radius 3 is 2.59 bits per heavy atom. The molecular formula is C13H22O4. The van der Waals surface area contributed by atoms with Crippen molar-refractivity contribution < 1.29 is 19.1 Å². The number of Topliss-reactive ketones (excluding diaryl/α,β-unsaturated/α-hetero) is 1. The van der Waals surface area contributed by atoms with Gasteiger partial charge in [-0.25, -0.2) is 0 Å². The molecule has 0 bridgehead atoms. The van der Waals surface area contributed by atoms with E-state index in [2.05, 4.69) is 0 Å². The summed E-state index contributed by atoms with van der Waals surface area (Å²) in [5.74, 6) is -0.182. The van der Waals surface area contributed by atoms with Crippen molar-refractivity contribution in [3.63, 3.8) is 0 Å². The smallest absolute Gasteiger partial charge is 0.306 e. The molecule has 1 aliphatic heterocycles. The molecule has 4 nitrogen and oxygen atoms in total. The minimum atomic E-state index is -0.284. The van der Waals surface area contributed by atoms with Gasteiger partial charge in [-0.3, -0.25) is 9.59 Å². The predicted octanol–water partition coefficient (Wildman–Crippen LogP) is 2.24. The molecule has 0 aromatic rings. The molecule has 0 saturated carbocycles. The van der Waals surface area contributed by atoms with E-state index in [0.29, 0.717) is 6.42 Å².